The van der Waals surface area contributed by atoms with E-state index in [-0.39, 0.29) is 5.56 Å². The van der Waals surface area contributed by atoms with Gasteiger partial charge in [-0.3, -0.25) is 0 Å². The van der Waals surface area contributed by atoms with E-state index < -0.39 is 11.6 Å². The van der Waals surface area contributed by atoms with Gasteiger partial charge in [0, 0.05) is 5.39 Å². The maximum absolute atomic E-state index is 11.4. The molecule has 2 rings (SSSR count). The average molecular weight is 259 g/mol. The predicted molar refractivity (Wildman–Crippen MR) is 72.1 cm³/mol. The monoisotopic (exact) mass is 259 g/mol. The Labute approximate surface area is 109 Å². The van der Waals surface area contributed by atoms with Crippen LogP contribution in [0.1, 0.15) is 22.3 Å². The molecule has 3 N–H and O–H groups in total. The van der Waals surface area contributed by atoms with Crippen LogP contribution in [-0.2, 0) is 0 Å². The van der Waals surface area contributed by atoms with Crippen LogP contribution < -0.4 is 11.4 Å². The highest BCUT2D eigenvalue weighted by Crippen LogP contribution is 2.17. The van der Waals surface area contributed by atoms with E-state index in [9.17, 15) is 9.59 Å². The van der Waals surface area contributed by atoms with Gasteiger partial charge >= 0.3 is 11.6 Å². The molecule has 0 amide bonds. The zero-order valence-electron chi connectivity index (χ0n) is 10.1. The third-order valence-electron chi connectivity index (χ3n) is 2.63. The van der Waals surface area contributed by atoms with Crippen molar-refractivity contribution in [2.75, 3.05) is 6.54 Å². The minimum Gasteiger partial charge on any atom is -0.477 e. The Morgan fingerprint density at radius 2 is 2.16 bits per heavy atom. The summed E-state index contributed by atoms with van der Waals surface area (Å²) in [4.78, 5) is 22.3. The van der Waals surface area contributed by atoms with Crippen molar-refractivity contribution in [1.82, 2.24) is 0 Å². The van der Waals surface area contributed by atoms with Gasteiger partial charge in [-0.15, -0.1) is 0 Å². The molecule has 2 aromatic rings. The smallest absolute Gasteiger partial charge is 0.351 e. The van der Waals surface area contributed by atoms with Crippen LogP contribution in [0.4, 0.5) is 0 Å². The Morgan fingerprint density at radius 1 is 1.37 bits per heavy atom. The van der Waals surface area contributed by atoms with Crippen LogP contribution in [0, 0.1) is 0 Å². The van der Waals surface area contributed by atoms with Crippen LogP contribution in [0.15, 0.2) is 39.6 Å². The summed E-state index contributed by atoms with van der Waals surface area (Å²) in [5.41, 5.74) is 5.44. The van der Waals surface area contributed by atoms with Crippen LogP contribution in [-0.4, -0.2) is 17.6 Å². The summed E-state index contributed by atoms with van der Waals surface area (Å²) in [7, 11) is 0. The summed E-state index contributed by atoms with van der Waals surface area (Å²) < 4.78 is 4.95. The molecule has 0 saturated heterocycles. The summed E-state index contributed by atoms with van der Waals surface area (Å²) >= 11 is 0. The van der Waals surface area contributed by atoms with Gasteiger partial charge in [-0.2, -0.15) is 0 Å². The first-order chi connectivity index (χ1) is 9.11. The van der Waals surface area contributed by atoms with Gasteiger partial charge in [0.05, 0.1) is 0 Å². The average Bonchev–Trinajstić information content (AvgIpc) is 2.38. The van der Waals surface area contributed by atoms with E-state index in [2.05, 4.69) is 0 Å². The van der Waals surface area contributed by atoms with Gasteiger partial charge in [0.15, 0.2) is 0 Å². The van der Waals surface area contributed by atoms with E-state index >= 15 is 0 Å². The molecule has 0 atom stereocenters. The summed E-state index contributed by atoms with van der Waals surface area (Å²) in [6.45, 7) is 0.572. The van der Waals surface area contributed by atoms with Crippen LogP contribution in [0.25, 0.3) is 17.0 Å². The molecule has 0 unspecified atom stereocenters. The third kappa shape index (κ3) is 2.89. The lowest BCUT2D eigenvalue weighted by Crippen LogP contribution is -2.12. The standard InChI is InChI=1S/C14H13NO4/c15-6-2-1-3-9-4-5-12-10(7-9)8-11(13(16)17)14(18)19-12/h1,3-5,7-8H,2,6,15H2,(H,16,17). The Kier molecular flexibility index (Phi) is 3.77. The summed E-state index contributed by atoms with van der Waals surface area (Å²) in [5, 5.41) is 9.46. The first-order valence-electron chi connectivity index (χ1n) is 5.79. The van der Waals surface area contributed by atoms with Gasteiger partial charge in [0.1, 0.15) is 11.1 Å². The largest absolute Gasteiger partial charge is 0.477 e. The molecule has 0 bridgehead atoms. The molecule has 5 nitrogen and oxygen atoms in total. The van der Waals surface area contributed by atoms with Gasteiger partial charge in [-0.25, -0.2) is 9.59 Å². The van der Waals surface area contributed by atoms with Crippen molar-refractivity contribution in [2.24, 2.45) is 5.73 Å². The highest BCUT2D eigenvalue weighted by Gasteiger charge is 2.11. The quantitative estimate of drug-likeness (QED) is 0.817. The van der Waals surface area contributed by atoms with E-state index in [4.69, 9.17) is 15.3 Å². The zero-order chi connectivity index (χ0) is 13.8. The molecule has 19 heavy (non-hydrogen) atoms. The Morgan fingerprint density at radius 3 is 2.84 bits per heavy atom. The first kappa shape index (κ1) is 13.0. The fraction of sp³-hybridized carbons (Fsp3) is 0.143. The van der Waals surface area contributed by atoms with Crippen LogP contribution >= 0.6 is 0 Å². The zero-order valence-corrected chi connectivity index (χ0v) is 10.1. The van der Waals surface area contributed by atoms with Crippen molar-refractivity contribution in [3.8, 4) is 0 Å². The number of carbonyl (C=O) groups is 1. The first-order valence-corrected chi connectivity index (χ1v) is 5.79. The van der Waals surface area contributed by atoms with Crippen LogP contribution in [0.3, 0.4) is 0 Å². The lowest BCUT2D eigenvalue weighted by molar-refractivity contribution is 0.0692. The third-order valence-corrected chi connectivity index (χ3v) is 2.63. The number of nitrogens with two attached hydrogens (primary N) is 1. The molecule has 0 aliphatic heterocycles. The SMILES string of the molecule is NCCC=Cc1ccc2oc(=O)c(C(=O)O)cc2c1. The lowest BCUT2D eigenvalue weighted by Gasteiger charge is -2.00. The fourth-order valence-electron chi connectivity index (χ4n) is 1.71. The molecular weight excluding hydrogens is 246 g/mol. The van der Waals surface area contributed by atoms with Gasteiger partial charge in [-0.05, 0) is 36.7 Å². The molecule has 0 fully saturated rings. The molecule has 0 saturated carbocycles. The summed E-state index contributed by atoms with van der Waals surface area (Å²) in [6.07, 6.45) is 4.58. The fourth-order valence-corrected chi connectivity index (χ4v) is 1.71. The van der Waals surface area contributed by atoms with Crippen molar-refractivity contribution < 1.29 is 14.3 Å². The number of carboxylic acids is 1. The van der Waals surface area contributed by atoms with E-state index in [1.165, 1.54) is 6.07 Å². The molecule has 1 heterocycles. The van der Waals surface area contributed by atoms with E-state index in [1.807, 2.05) is 12.2 Å². The van der Waals surface area contributed by atoms with Crippen molar-refractivity contribution >= 4 is 23.0 Å². The molecule has 0 radical (unpaired) electrons. The molecule has 5 heteroatoms. The molecule has 0 aliphatic carbocycles. The molecule has 0 aliphatic rings. The highest BCUT2D eigenvalue weighted by molar-refractivity contribution is 5.92. The molecular formula is C14H13NO4. The second kappa shape index (κ2) is 5.49. The van der Waals surface area contributed by atoms with Gasteiger partial charge in [0.2, 0.25) is 0 Å². The number of fused-ring (bicyclic) bond motifs is 1. The van der Waals surface area contributed by atoms with Crippen molar-refractivity contribution in [1.29, 1.82) is 0 Å². The van der Waals surface area contributed by atoms with Crippen molar-refractivity contribution in [2.45, 2.75) is 6.42 Å². The van der Waals surface area contributed by atoms with Gasteiger partial charge in [0.25, 0.3) is 0 Å². The van der Waals surface area contributed by atoms with E-state index in [0.717, 1.165) is 12.0 Å². The number of rotatable bonds is 4. The maximum atomic E-state index is 11.4. The number of aromatic carboxylic acids is 1. The second-order valence-electron chi connectivity index (χ2n) is 4.03. The molecule has 1 aromatic carbocycles. The summed E-state index contributed by atoms with van der Waals surface area (Å²) in [6, 6.07) is 6.52. The molecule has 0 spiro atoms. The topological polar surface area (TPSA) is 93.5 Å². The summed E-state index contributed by atoms with van der Waals surface area (Å²) in [5.74, 6) is -1.29. The second-order valence-corrected chi connectivity index (χ2v) is 4.03. The predicted octanol–water partition coefficient (Wildman–Crippen LogP) is 1.85. The minimum atomic E-state index is -1.29. The van der Waals surface area contributed by atoms with Crippen molar-refractivity contribution in [3.63, 3.8) is 0 Å². The Hall–Kier alpha value is -2.40. The number of benzene rings is 1. The number of hydrogen-bond donors (Lipinski definition) is 2. The van der Waals surface area contributed by atoms with E-state index in [0.29, 0.717) is 17.5 Å². The lowest BCUT2D eigenvalue weighted by atomic mass is 10.1. The van der Waals surface area contributed by atoms with Gasteiger partial charge in [-0.1, -0.05) is 18.2 Å². The highest BCUT2D eigenvalue weighted by atomic mass is 16.4. The minimum absolute atomic E-state index is 0.365. The van der Waals surface area contributed by atoms with Crippen molar-refractivity contribution in [3.05, 3.63) is 51.9 Å². The Balaban J connectivity index is 2.49. The van der Waals surface area contributed by atoms with Crippen LogP contribution in [0.5, 0.6) is 0 Å². The molecule has 98 valence electrons. The van der Waals surface area contributed by atoms with E-state index in [1.54, 1.807) is 18.2 Å². The number of hydrogen-bond acceptors (Lipinski definition) is 4. The van der Waals surface area contributed by atoms with Crippen LogP contribution in [0.2, 0.25) is 0 Å². The van der Waals surface area contributed by atoms with Gasteiger partial charge < -0.3 is 15.3 Å². The normalized spacial score (nSPS) is 11.2. The molecule has 1 aromatic heterocycles. The maximum Gasteiger partial charge on any atom is 0.351 e. The Bertz CT molecular complexity index is 700. The number of carboxylic acid groups (broad SMARTS) is 1.